The Labute approximate surface area is 315 Å². The zero-order valence-corrected chi connectivity index (χ0v) is 33.1. The molecule has 0 aliphatic rings. The van der Waals surface area contributed by atoms with Crippen molar-refractivity contribution in [1.29, 1.82) is 0 Å². The molecular weight excluding hydrogens is 683 g/mol. The van der Waals surface area contributed by atoms with Crippen molar-refractivity contribution < 1.29 is 47.8 Å². The van der Waals surface area contributed by atoms with Crippen LogP contribution in [0.15, 0.2) is 60.8 Å². The van der Waals surface area contributed by atoms with Crippen molar-refractivity contribution in [2.75, 3.05) is 26.4 Å². The van der Waals surface area contributed by atoms with Crippen LogP contribution in [-0.2, 0) is 32.7 Å². The van der Waals surface area contributed by atoms with E-state index in [4.69, 9.17) is 19.1 Å². The molecule has 0 aromatic rings. The third-order valence-electron chi connectivity index (χ3n) is 7.94. The molecule has 0 amide bonds. The molecule has 0 spiro atoms. The third kappa shape index (κ3) is 36.0. The van der Waals surface area contributed by atoms with E-state index in [2.05, 4.69) is 67.0 Å². The predicted molar refractivity (Wildman–Crippen MR) is 210 cm³/mol. The van der Waals surface area contributed by atoms with Gasteiger partial charge in [-0.2, -0.15) is 0 Å². The minimum absolute atomic E-state index is 0.0597. The van der Waals surface area contributed by atoms with Crippen LogP contribution in [0.3, 0.4) is 0 Å². The van der Waals surface area contributed by atoms with Crippen molar-refractivity contribution >= 4 is 19.8 Å². The quantitative estimate of drug-likeness (QED) is 0.0244. The van der Waals surface area contributed by atoms with Crippen LogP contribution in [0.25, 0.3) is 0 Å². The summed E-state index contributed by atoms with van der Waals surface area (Å²) in [5, 5.41) is 18.3. The number of aliphatic hydroxyl groups excluding tert-OH is 2. The van der Waals surface area contributed by atoms with E-state index < -0.39 is 51.8 Å². The van der Waals surface area contributed by atoms with Gasteiger partial charge >= 0.3 is 19.8 Å². The lowest BCUT2D eigenvalue weighted by molar-refractivity contribution is -0.161. The second kappa shape index (κ2) is 37.0. The first kappa shape index (κ1) is 49.7. The monoisotopic (exact) mass is 754 g/mol. The molecule has 0 saturated carbocycles. The molecule has 10 nitrogen and oxygen atoms in total. The summed E-state index contributed by atoms with van der Waals surface area (Å²) in [7, 11) is -4.63. The zero-order valence-electron chi connectivity index (χ0n) is 32.3. The number of unbranched alkanes of at least 4 members (excludes halogenated alkanes) is 12. The number of phosphoric ester groups is 1. The summed E-state index contributed by atoms with van der Waals surface area (Å²) in [5.41, 5.74) is 0. The van der Waals surface area contributed by atoms with Gasteiger partial charge in [0.2, 0.25) is 0 Å². The van der Waals surface area contributed by atoms with Crippen LogP contribution in [0.2, 0.25) is 0 Å². The molecule has 0 saturated heterocycles. The lowest BCUT2D eigenvalue weighted by Crippen LogP contribution is -2.29. The van der Waals surface area contributed by atoms with Gasteiger partial charge in [0.1, 0.15) is 12.7 Å². The van der Waals surface area contributed by atoms with Crippen molar-refractivity contribution in [3.8, 4) is 0 Å². The maximum atomic E-state index is 12.5. The van der Waals surface area contributed by atoms with Crippen molar-refractivity contribution in [3.63, 3.8) is 0 Å². The second-order valence-corrected chi connectivity index (χ2v) is 14.4. The summed E-state index contributed by atoms with van der Waals surface area (Å²) in [6, 6.07) is 0. The number of ether oxygens (including phenoxy) is 2. The average molecular weight is 755 g/mol. The van der Waals surface area contributed by atoms with Crippen LogP contribution in [0.4, 0.5) is 0 Å². The maximum absolute atomic E-state index is 12.5. The number of hydrogen-bond donors (Lipinski definition) is 3. The van der Waals surface area contributed by atoms with Gasteiger partial charge in [-0.3, -0.25) is 18.6 Å². The molecule has 0 radical (unpaired) electrons. The van der Waals surface area contributed by atoms with Crippen LogP contribution >= 0.6 is 7.82 Å². The summed E-state index contributed by atoms with van der Waals surface area (Å²) >= 11 is 0. The number of aliphatic hydroxyl groups is 2. The van der Waals surface area contributed by atoms with Gasteiger partial charge in [-0.1, -0.05) is 145 Å². The Morgan fingerprint density at radius 1 is 0.577 bits per heavy atom. The molecule has 0 heterocycles. The first-order valence-electron chi connectivity index (χ1n) is 19.7. The van der Waals surface area contributed by atoms with E-state index in [1.165, 1.54) is 64.2 Å². The summed E-state index contributed by atoms with van der Waals surface area (Å²) in [5.74, 6) is -1.03. The smallest absolute Gasteiger partial charge is 0.462 e. The van der Waals surface area contributed by atoms with Crippen molar-refractivity contribution in [1.82, 2.24) is 0 Å². The van der Waals surface area contributed by atoms with Crippen LogP contribution in [-0.4, -0.2) is 65.7 Å². The van der Waals surface area contributed by atoms with Crippen molar-refractivity contribution in [2.24, 2.45) is 0 Å². The third-order valence-corrected chi connectivity index (χ3v) is 8.89. The van der Waals surface area contributed by atoms with Gasteiger partial charge in [0, 0.05) is 12.8 Å². The molecule has 0 aliphatic heterocycles. The van der Waals surface area contributed by atoms with E-state index in [0.717, 1.165) is 44.9 Å². The molecule has 52 heavy (non-hydrogen) atoms. The highest BCUT2D eigenvalue weighted by Gasteiger charge is 2.27. The topological polar surface area (TPSA) is 149 Å². The Morgan fingerprint density at radius 2 is 1.04 bits per heavy atom. The summed E-state index contributed by atoms with van der Waals surface area (Å²) in [4.78, 5) is 34.8. The largest absolute Gasteiger partial charge is 0.472 e. The number of carbonyl (C=O) groups is 2. The molecular formula is C41H71O10P. The Kier molecular flexibility index (Phi) is 35.3. The molecule has 0 aromatic heterocycles. The van der Waals surface area contributed by atoms with Crippen molar-refractivity contribution in [3.05, 3.63) is 60.8 Å². The fraction of sp³-hybridized carbons (Fsp3) is 0.707. The van der Waals surface area contributed by atoms with E-state index in [1.54, 1.807) is 0 Å². The second-order valence-electron chi connectivity index (χ2n) is 13.0. The first-order valence-corrected chi connectivity index (χ1v) is 21.2. The molecule has 0 aliphatic carbocycles. The standard InChI is InChI=1S/C41H71O10P/c1-3-5-7-9-11-13-15-16-17-18-19-20-21-22-23-25-27-29-31-33-41(45)51-39(37-50-52(46,47)49-35-38(43)34-42)36-48-40(44)32-30-28-26-24-14-12-10-8-6-4-2/h11,13,16-17,19-20,22-23,27,29,38-39,42-43H,3-10,12,14-15,18,21,24-26,28,30-37H2,1-2H3,(H,46,47)/b13-11+,17-16+,20-19+,23-22+,29-27+/t38-,39+/m0/s1. The Bertz CT molecular complexity index is 1050. The molecule has 0 rings (SSSR count). The SMILES string of the molecule is CCCCC/C=C/C/C=C/C/C=C/C/C=C/C/C=C/CCC(=O)O[C@H](COC(=O)CCCCCCCCCCCC)COP(=O)(O)OC[C@@H](O)CO. The zero-order chi connectivity index (χ0) is 38.4. The fourth-order valence-corrected chi connectivity index (χ4v) is 5.65. The van der Waals surface area contributed by atoms with E-state index in [-0.39, 0.29) is 19.4 Å². The number of phosphoric acid groups is 1. The summed E-state index contributed by atoms with van der Waals surface area (Å²) in [6.45, 7) is 2.23. The lowest BCUT2D eigenvalue weighted by atomic mass is 10.1. The van der Waals surface area contributed by atoms with Gasteiger partial charge in [-0.15, -0.1) is 0 Å². The lowest BCUT2D eigenvalue weighted by Gasteiger charge is -2.20. The molecule has 300 valence electrons. The highest BCUT2D eigenvalue weighted by molar-refractivity contribution is 7.47. The van der Waals surface area contributed by atoms with Gasteiger partial charge in [0.05, 0.1) is 19.8 Å². The Morgan fingerprint density at radius 3 is 1.58 bits per heavy atom. The molecule has 0 bridgehead atoms. The Balaban J connectivity index is 4.48. The van der Waals surface area contributed by atoms with Gasteiger partial charge in [0.25, 0.3) is 0 Å². The van der Waals surface area contributed by atoms with E-state index in [1.807, 2.05) is 12.2 Å². The summed E-state index contributed by atoms with van der Waals surface area (Å²) < 4.78 is 32.5. The predicted octanol–water partition coefficient (Wildman–Crippen LogP) is 9.94. The fourth-order valence-electron chi connectivity index (χ4n) is 4.86. The van der Waals surface area contributed by atoms with Crippen LogP contribution in [0.5, 0.6) is 0 Å². The average Bonchev–Trinajstić information content (AvgIpc) is 3.13. The van der Waals surface area contributed by atoms with Crippen molar-refractivity contribution in [2.45, 2.75) is 161 Å². The van der Waals surface area contributed by atoms with Gasteiger partial charge < -0.3 is 24.6 Å². The highest BCUT2D eigenvalue weighted by Crippen LogP contribution is 2.43. The highest BCUT2D eigenvalue weighted by atomic mass is 31.2. The number of hydrogen-bond acceptors (Lipinski definition) is 9. The minimum atomic E-state index is -4.63. The maximum Gasteiger partial charge on any atom is 0.472 e. The molecule has 11 heteroatoms. The van der Waals surface area contributed by atoms with Crippen LogP contribution in [0, 0.1) is 0 Å². The number of carbonyl (C=O) groups excluding carboxylic acids is 2. The van der Waals surface area contributed by atoms with E-state index >= 15 is 0 Å². The summed E-state index contributed by atoms with van der Waals surface area (Å²) in [6.07, 6.45) is 39.2. The molecule has 0 aromatic carbocycles. The number of rotatable bonds is 36. The normalized spacial score (nSPS) is 14.6. The van der Waals surface area contributed by atoms with Gasteiger partial charge in [-0.05, 0) is 51.4 Å². The first-order chi connectivity index (χ1) is 25.2. The molecule has 0 fully saturated rings. The molecule has 3 N–H and O–H groups in total. The van der Waals surface area contributed by atoms with Crippen LogP contribution in [0.1, 0.15) is 149 Å². The van der Waals surface area contributed by atoms with Crippen LogP contribution < -0.4 is 0 Å². The van der Waals surface area contributed by atoms with E-state index in [0.29, 0.717) is 12.8 Å². The molecule has 3 atom stereocenters. The van der Waals surface area contributed by atoms with Gasteiger partial charge in [-0.25, -0.2) is 4.57 Å². The van der Waals surface area contributed by atoms with Gasteiger partial charge in [0.15, 0.2) is 6.10 Å². The number of esters is 2. The Hall–Kier alpha value is -2.33. The minimum Gasteiger partial charge on any atom is -0.462 e. The molecule has 1 unspecified atom stereocenters. The van der Waals surface area contributed by atoms with E-state index in [9.17, 15) is 24.2 Å². The number of allylic oxidation sites excluding steroid dienone is 10.